The van der Waals surface area contributed by atoms with Crippen LogP contribution in [0.15, 0.2) is 31.6 Å². The Morgan fingerprint density at radius 1 is 1.07 bits per heavy atom. The minimum Gasteiger partial charge on any atom is -0.367 e. The summed E-state index contributed by atoms with van der Waals surface area (Å²) in [6.07, 6.45) is 3.53. The first-order valence-electron chi connectivity index (χ1n) is 9.68. The van der Waals surface area contributed by atoms with E-state index in [0.29, 0.717) is 0 Å². The third-order valence-corrected chi connectivity index (χ3v) is 6.82. The Balaban J connectivity index is 1.72. The van der Waals surface area contributed by atoms with Gasteiger partial charge in [-0.3, -0.25) is 4.90 Å². The maximum absolute atomic E-state index is 12.4. The molecule has 1 aliphatic rings. The molecule has 7 nitrogen and oxygen atoms in total. The third-order valence-electron chi connectivity index (χ3n) is 5.16. The van der Waals surface area contributed by atoms with Gasteiger partial charge in [0.1, 0.15) is 17.5 Å². The number of carbonyl (C=O) groups is 1. The normalized spacial score (nSPS) is 18.7. The van der Waals surface area contributed by atoms with Crippen molar-refractivity contribution in [3.8, 4) is 0 Å². The van der Waals surface area contributed by atoms with Crippen LogP contribution < -0.4 is 20.9 Å². The SMILES string of the molecule is Cc1nc(NC2CCC(N(C(N)=O)c3c(Br)cc(Br)cc3Br)CC2)cc(N(C)C)n1. The molecule has 0 unspecified atom stereocenters. The molecule has 1 aromatic carbocycles. The monoisotopic (exact) mass is 602 g/mol. The minimum atomic E-state index is -0.447. The van der Waals surface area contributed by atoms with Gasteiger partial charge in [-0.05, 0) is 76.6 Å². The van der Waals surface area contributed by atoms with Gasteiger partial charge >= 0.3 is 6.03 Å². The first-order valence-corrected chi connectivity index (χ1v) is 12.1. The summed E-state index contributed by atoms with van der Waals surface area (Å²) in [4.78, 5) is 25.0. The van der Waals surface area contributed by atoms with Crippen LogP contribution in [0.5, 0.6) is 0 Å². The van der Waals surface area contributed by atoms with Crippen LogP contribution in [0.1, 0.15) is 31.5 Å². The first-order chi connectivity index (χ1) is 14.2. The van der Waals surface area contributed by atoms with Crippen LogP contribution >= 0.6 is 47.8 Å². The summed E-state index contributed by atoms with van der Waals surface area (Å²) in [5.74, 6) is 2.45. The van der Waals surface area contributed by atoms with Crippen molar-refractivity contribution in [1.29, 1.82) is 0 Å². The predicted molar refractivity (Wildman–Crippen MR) is 132 cm³/mol. The van der Waals surface area contributed by atoms with E-state index in [1.54, 1.807) is 4.90 Å². The first kappa shape index (κ1) is 23.3. The summed E-state index contributed by atoms with van der Waals surface area (Å²) in [6, 6.07) is 5.68. The molecule has 1 saturated carbocycles. The number of hydrogen-bond donors (Lipinski definition) is 2. The summed E-state index contributed by atoms with van der Waals surface area (Å²) in [6.45, 7) is 1.90. The fourth-order valence-corrected chi connectivity index (χ4v) is 6.42. The summed E-state index contributed by atoms with van der Waals surface area (Å²) in [7, 11) is 3.93. The predicted octanol–water partition coefficient (Wildman–Crippen LogP) is 5.45. The van der Waals surface area contributed by atoms with Gasteiger partial charge in [0, 0.05) is 45.7 Å². The molecule has 3 N–H and O–H groups in total. The highest BCUT2D eigenvalue weighted by Gasteiger charge is 2.31. The van der Waals surface area contributed by atoms with E-state index in [4.69, 9.17) is 5.73 Å². The van der Waals surface area contributed by atoms with Crippen molar-refractivity contribution < 1.29 is 4.79 Å². The Morgan fingerprint density at radius 2 is 1.67 bits per heavy atom. The van der Waals surface area contributed by atoms with Crippen molar-refractivity contribution in [3.05, 3.63) is 37.4 Å². The molecule has 0 spiro atoms. The van der Waals surface area contributed by atoms with Gasteiger partial charge in [-0.15, -0.1) is 0 Å². The van der Waals surface area contributed by atoms with E-state index in [1.807, 2.05) is 44.1 Å². The Hall–Kier alpha value is -1.39. The van der Waals surface area contributed by atoms with E-state index >= 15 is 0 Å². The molecule has 1 heterocycles. The van der Waals surface area contributed by atoms with Crippen molar-refractivity contribution >= 4 is 71.1 Å². The number of nitrogens with zero attached hydrogens (tertiary/aromatic N) is 4. The smallest absolute Gasteiger partial charge is 0.319 e. The zero-order chi connectivity index (χ0) is 22.0. The van der Waals surface area contributed by atoms with Crippen LogP contribution in [0, 0.1) is 6.92 Å². The number of hydrogen-bond acceptors (Lipinski definition) is 5. The number of benzene rings is 1. The number of halogens is 3. The van der Waals surface area contributed by atoms with E-state index in [2.05, 4.69) is 63.1 Å². The molecular formula is C20H25Br3N6O. The van der Waals surface area contributed by atoms with Crippen LogP contribution in [-0.4, -0.2) is 42.2 Å². The number of anilines is 3. The molecule has 1 aliphatic carbocycles. The molecule has 0 atom stereocenters. The lowest BCUT2D eigenvalue weighted by atomic mass is 9.90. The molecule has 3 rings (SSSR count). The summed E-state index contributed by atoms with van der Waals surface area (Å²) in [5, 5.41) is 3.54. The van der Waals surface area contributed by atoms with Crippen LogP contribution in [0.25, 0.3) is 0 Å². The number of aryl methyl sites for hydroxylation is 1. The van der Waals surface area contributed by atoms with E-state index < -0.39 is 6.03 Å². The lowest BCUT2D eigenvalue weighted by molar-refractivity contribution is 0.248. The van der Waals surface area contributed by atoms with Crippen molar-refractivity contribution in [2.45, 2.75) is 44.7 Å². The number of nitrogens with one attached hydrogen (secondary N) is 1. The Bertz CT molecular complexity index is 908. The Kier molecular flexibility index (Phi) is 7.62. The summed E-state index contributed by atoms with van der Waals surface area (Å²) in [5.41, 5.74) is 6.56. The summed E-state index contributed by atoms with van der Waals surface area (Å²) >= 11 is 10.6. The maximum Gasteiger partial charge on any atom is 0.319 e. The highest BCUT2D eigenvalue weighted by Crippen LogP contribution is 2.40. The molecule has 1 aromatic heterocycles. The molecule has 2 aromatic rings. The number of aromatic nitrogens is 2. The number of nitrogens with two attached hydrogens (primary N) is 1. The second-order valence-electron chi connectivity index (χ2n) is 7.63. The molecule has 1 fully saturated rings. The molecular weight excluding hydrogens is 580 g/mol. The molecule has 0 saturated heterocycles. The van der Waals surface area contributed by atoms with Crippen LogP contribution in [0.4, 0.5) is 22.1 Å². The zero-order valence-corrected chi connectivity index (χ0v) is 21.9. The lowest BCUT2D eigenvalue weighted by Gasteiger charge is -2.37. The average Bonchev–Trinajstić information content (AvgIpc) is 2.64. The van der Waals surface area contributed by atoms with Gasteiger partial charge in [0.05, 0.1) is 5.69 Å². The Morgan fingerprint density at radius 3 is 2.20 bits per heavy atom. The average molecular weight is 605 g/mol. The number of primary amides is 1. The molecule has 162 valence electrons. The largest absolute Gasteiger partial charge is 0.367 e. The van der Waals surface area contributed by atoms with Crippen molar-refractivity contribution in [2.75, 3.05) is 29.2 Å². The van der Waals surface area contributed by atoms with Crippen LogP contribution in [0.2, 0.25) is 0 Å². The number of amides is 2. The molecule has 30 heavy (non-hydrogen) atoms. The second kappa shape index (κ2) is 9.82. The van der Waals surface area contributed by atoms with Crippen LogP contribution in [-0.2, 0) is 0 Å². The van der Waals surface area contributed by atoms with Crippen molar-refractivity contribution in [1.82, 2.24) is 9.97 Å². The Labute approximate surface area is 202 Å². The van der Waals surface area contributed by atoms with Gasteiger partial charge in [-0.25, -0.2) is 14.8 Å². The molecule has 10 heteroatoms. The minimum absolute atomic E-state index is 0.0406. The second-order valence-corrected chi connectivity index (χ2v) is 10.3. The highest BCUT2D eigenvalue weighted by atomic mass is 79.9. The number of rotatable bonds is 5. The van der Waals surface area contributed by atoms with Gasteiger partial charge in [-0.2, -0.15) is 0 Å². The molecule has 0 bridgehead atoms. The van der Waals surface area contributed by atoms with E-state index in [-0.39, 0.29) is 12.1 Å². The van der Waals surface area contributed by atoms with E-state index in [1.165, 1.54) is 0 Å². The van der Waals surface area contributed by atoms with E-state index in [9.17, 15) is 4.79 Å². The highest BCUT2D eigenvalue weighted by molar-refractivity contribution is 9.11. The molecule has 2 amide bonds. The van der Waals surface area contributed by atoms with Crippen molar-refractivity contribution in [2.24, 2.45) is 5.73 Å². The van der Waals surface area contributed by atoms with Gasteiger partial charge in [0.25, 0.3) is 0 Å². The van der Waals surface area contributed by atoms with E-state index in [0.717, 1.165) is 62.2 Å². The number of urea groups is 1. The fraction of sp³-hybridized carbons (Fsp3) is 0.450. The topological polar surface area (TPSA) is 87.4 Å². The van der Waals surface area contributed by atoms with Crippen molar-refractivity contribution in [3.63, 3.8) is 0 Å². The molecule has 0 aliphatic heterocycles. The number of carbonyl (C=O) groups excluding carboxylic acids is 1. The fourth-order valence-electron chi connectivity index (χ4n) is 3.78. The van der Waals surface area contributed by atoms with Crippen LogP contribution in [0.3, 0.4) is 0 Å². The quantitative estimate of drug-likeness (QED) is 0.474. The lowest BCUT2D eigenvalue weighted by Crippen LogP contribution is -2.47. The standard InChI is InChI=1S/C20H25Br3N6O/c1-11-25-17(10-18(26-11)28(2)3)27-13-4-6-14(7-5-13)29(20(24)30)19-15(22)8-12(21)9-16(19)23/h8-10,13-14H,4-7H2,1-3H3,(H2,24,30)(H,25,26,27). The summed E-state index contributed by atoms with van der Waals surface area (Å²) < 4.78 is 2.55. The van der Waals surface area contributed by atoms with Gasteiger partial charge in [-0.1, -0.05) is 15.9 Å². The van der Waals surface area contributed by atoms with Gasteiger partial charge < -0.3 is 16.0 Å². The molecule has 0 radical (unpaired) electrons. The third kappa shape index (κ3) is 5.45. The van der Waals surface area contributed by atoms with Gasteiger partial charge in [0.2, 0.25) is 0 Å². The van der Waals surface area contributed by atoms with Gasteiger partial charge in [0.15, 0.2) is 0 Å². The zero-order valence-electron chi connectivity index (χ0n) is 17.1. The maximum atomic E-state index is 12.4.